The summed E-state index contributed by atoms with van der Waals surface area (Å²) in [4.78, 5) is 61.9. The molecule has 0 aliphatic carbocycles. The molecule has 3 rings (SSSR count). The zero-order valence-electron chi connectivity index (χ0n) is 34.0. The number of ketones is 1. The van der Waals surface area contributed by atoms with E-state index < -0.39 is 6.09 Å². The number of nitrogens with zero attached hydrogens (tertiary/aromatic N) is 1. The molecule has 1 N–H and O–H groups in total. The highest BCUT2D eigenvalue weighted by molar-refractivity contribution is 5.95. The number of nitrogens with one attached hydrogen (secondary N) is 1. The van der Waals surface area contributed by atoms with Crippen LogP contribution in [0.3, 0.4) is 0 Å². The Labute approximate surface area is 332 Å². The molecule has 0 saturated heterocycles. The van der Waals surface area contributed by atoms with E-state index >= 15 is 0 Å². The van der Waals surface area contributed by atoms with Crippen LogP contribution in [-0.4, -0.2) is 43.9 Å². The summed E-state index contributed by atoms with van der Waals surface area (Å²) >= 11 is 0. The first kappa shape index (κ1) is 54.6. The quantitative estimate of drug-likeness (QED) is 0.141. The fraction of sp³-hybridized carbons (Fsp3) is 0.522. The van der Waals surface area contributed by atoms with Gasteiger partial charge >= 0.3 is 12.2 Å². The van der Waals surface area contributed by atoms with Gasteiger partial charge in [0.2, 0.25) is 0 Å². The number of aryl methyl sites for hydroxylation is 1. The van der Waals surface area contributed by atoms with Gasteiger partial charge in [0.1, 0.15) is 19.4 Å². The van der Waals surface area contributed by atoms with Crippen LogP contribution in [0.25, 0.3) is 0 Å². The zero-order chi connectivity index (χ0) is 41.1. The van der Waals surface area contributed by atoms with Gasteiger partial charge in [0, 0.05) is 30.4 Å². The van der Waals surface area contributed by atoms with Gasteiger partial charge in [0.25, 0.3) is 0 Å². The number of aliphatic imine (C=N–C) groups is 1. The SMILES string of the molecule is C.C=O.C=O.CC.CCCC(CC)c1ccc(CC(=O)CCCCC2=NC=C(CCCOC(=O)Nc3ccc(C(CC)CC)cc3)CC=C2)c(C)c1.O=C=O. The number of ether oxygens (including phenoxy) is 1. The van der Waals surface area contributed by atoms with Gasteiger partial charge < -0.3 is 14.3 Å². The van der Waals surface area contributed by atoms with Crippen molar-refractivity contribution in [2.24, 2.45) is 4.99 Å². The summed E-state index contributed by atoms with van der Waals surface area (Å²) in [7, 11) is 0. The summed E-state index contributed by atoms with van der Waals surface area (Å²) in [6.07, 6.45) is 18.2. The van der Waals surface area contributed by atoms with Gasteiger partial charge in [-0.3, -0.25) is 15.1 Å². The molecule has 2 aromatic carbocycles. The summed E-state index contributed by atoms with van der Waals surface area (Å²) in [5.74, 6) is 1.49. The first-order valence-corrected chi connectivity index (χ1v) is 19.4. The second-order valence-corrected chi connectivity index (χ2v) is 12.6. The molecule has 0 aromatic heterocycles. The van der Waals surface area contributed by atoms with Crippen molar-refractivity contribution in [2.75, 3.05) is 11.9 Å². The van der Waals surface area contributed by atoms with Gasteiger partial charge in [0.05, 0.1) is 6.61 Å². The van der Waals surface area contributed by atoms with Gasteiger partial charge in [-0.1, -0.05) is 91.8 Å². The molecule has 1 aliphatic heterocycles. The average Bonchev–Trinajstić information content (AvgIpc) is 3.44. The van der Waals surface area contributed by atoms with E-state index in [0.717, 1.165) is 74.7 Å². The van der Waals surface area contributed by atoms with Gasteiger partial charge in [0.15, 0.2) is 0 Å². The largest absolute Gasteiger partial charge is 0.449 e. The second kappa shape index (κ2) is 36.2. The van der Waals surface area contributed by atoms with Crippen LogP contribution in [-0.2, 0) is 35.1 Å². The van der Waals surface area contributed by atoms with Crippen LogP contribution < -0.4 is 5.32 Å². The maximum Gasteiger partial charge on any atom is 0.411 e. The number of hydrogen-bond acceptors (Lipinski definition) is 8. The molecule has 1 unspecified atom stereocenters. The Morgan fingerprint density at radius 1 is 0.855 bits per heavy atom. The standard InChI is InChI=1S/C40H56N2O3.C2H6.CO2.2CH2O.CH4/c1-6-14-33(9-4)36-21-20-35(30(5)27-36)28-39(43)19-11-10-17-37-18-12-15-31(29-41-37)16-13-26-45-40(44)42-38-24-22-34(23-25-38)32(7-2)8-3;1-2;2-1-3;2*1-2;/h12,18,20-25,27,29,32-33H,6-11,13-17,19,26,28H2,1-5H3,(H,42,44);1-2H3;;2*1H2;1H4. The van der Waals surface area contributed by atoms with E-state index in [2.05, 4.69) is 82.4 Å². The molecule has 1 aliphatic rings. The molecule has 1 atom stereocenters. The first-order chi connectivity index (χ1) is 26.3. The monoisotopic (exact) mass is 763 g/mol. The van der Waals surface area contributed by atoms with E-state index in [4.69, 9.17) is 28.9 Å². The number of unbranched alkanes of at least 4 members (excludes halogenated alkanes) is 1. The van der Waals surface area contributed by atoms with Crippen LogP contribution in [0.4, 0.5) is 10.5 Å². The van der Waals surface area contributed by atoms with Crippen molar-refractivity contribution >= 4 is 43.0 Å². The van der Waals surface area contributed by atoms with Crippen LogP contribution in [0.2, 0.25) is 0 Å². The molecule has 0 bridgehead atoms. The van der Waals surface area contributed by atoms with Crippen LogP contribution in [0.1, 0.15) is 160 Å². The lowest BCUT2D eigenvalue weighted by atomic mass is 9.89. The molecule has 9 heteroatoms. The summed E-state index contributed by atoms with van der Waals surface area (Å²) in [5.41, 5.74) is 8.17. The Balaban J connectivity index is -0.00000249. The number of Topliss-reactive ketones (excluding diaryl/α,β-unsaturated/α-hetero) is 1. The normalized spacial score (nSPS) is 11.6. The molecule has 0 radical (unpaired) electrons. The predicted octanol–water partition coefficient (Wildman–Crippen LogP) is 11.9. The van der Waals surface area contributed by atoms with Crippen LogP contribution in [0.5, 0.6) is 0 Å². The van der Waals surface area contributed by atoms with Gasteiger partial charge in [-0.25, -0.2) is 4.79 Å². The number of amides is 1. The Kier molecular flexibility index (Phi) is 36.0. The summed E-state index contributed by atoms with van der Waals surface area (Å²) in [6.45, 7) is 19.4. The third-order valence-electron chi connectivity index (χ3n) is 9.09. The van der Waals surface area contributed by atoms with E-state index in [1.165, 1.54) is 35.1 Å². The van der Waals surface area contributed by atoms with Crippen molar-refractivity contribution in [2.45, 2.75) is 151 Å². The Hall–Kier alpha value is -4.75. The van der Waals surface area contributed by atoms with Crippen molar-refractivity contribution < 1.29 is 33.5 Å². The molecule has 2 aromatic rings. The van der Waals surface area contributed by atoms with Gasteiger partial charge in [-0.05, 0) is 129 Å². The molecule has 0 fully saturated rings. The van der Waals surface area contributed by atoms with Crippen molar-refractivity contribution in [1.29, 1.82) is 0 Å². The third kappa shape index (κ3) is 23.6. The number of anilines is 1. The number of rotatable bonds is 19. The van der Waals surface area contributed by atoms with Crippen LogP contribution >= 0.6 is 0 Å². The lowest BCUT2D eigenvalue weighted by Crippen LogP contribution is -2.14. The molecule has 1 amide bonds. The fourth-order valence-corrected chi connectivity index (χ4v) is 6.20. The molecule has 0 spiro atoms. The number of hydrogen-bond donors (Lipinski definition) is 1. The maximum absolute atomic E-state index is 12.7. The van der Waals surface area contributed by atoms with Gasteiger partial charge in [-0.15, -0.1) is 0 Å². The van der Waals surface area contributed by atoms with Crippen molar-refractivity contribution in [3.63, 3.8) is 0 Å². The van der Waals surface area contributed by atoms with Crippen molar-refractivity contribution in [3.05, 3.63) is 88.6 Å². The summed E-state index contributed by atoms with van der Waals surface area (Å²) in [5, 5.41) is 2.83. The minimum atomic E-state index is -0.417. The molecule has 0 saturated carbocycles. The Morgan fingerprint density at radius 2 is 1.45 bits per heavy atom. The van der Waals surface area contributed by atoms with E-state index in [1.807, 2.05) is 45.8 Å². The van der Waals surface area contributed by atoms with Crippen LogP contribution in [0, 0.1) is 6.92 Å². The van der Waals surface area contributed by atoms with Crippen molar-refractivity contribution in [3.8, 4) is 0 Å². The summed E-state index contributed by atoms with van der Waals surface area (Å²) in [6, 6.07) is 14.8. The second-order valence-electron chi connectivity index (χ2n) is 12.6. The van der Waals surface area contributed by atoms with Gasteiger partial charge in [-0.2, -0.15) is 9.59 Å². The average molecular weight is 763 g/mol. The molecule has 9 nitrogen and oxygen atoms in total. The highest BCUT2D eigenvalue weighted by Gasteiger charge is 2.13. The van der Waals surface area contributed by atoms with Crippen LogP contribution in [0.15, 0.2) is 71.4 Å². The maximum atomic E-state index is 12.7. The molecule has 1 heterocycles. The minimum Gasteiger partial charge on any atom is -0.449 e. The van der Waals surface area contributed by atoms with E-state index in [9.17, 15) is 9.59 Å². The lowest BCUT2D eigenvalue weighted by Gasteiger charge is -2.16. The smallest absolute Gasteiger partial charge is 0.411 e. The Morgan fingerprint density at radius 3 is 2.02 bits per heavy atom. The predicted molar refractivity (Wildman–Crippen MR) is 227 cm³/mol. The number of carbonyl (C=O) groups excluding carboxylic acids is 6. The number of carbonyl (C=O) groups is 4. The van der Waals surface area contributed by atoms with E-state index in [-0.39, 0.29) is 13.6 Å². The highest BCUT2D eigenvalue weighted by atomic mass is 16.5. The number of benzene rings is 2. The van der Waals surface area contributed by atoms with Crippen molar-refractivity contribution in [1.82, 2.24) is 0 Å². The molecular weight excluding hydrogens is 693 g/mol. The minimum absolute atomic E-state index is 0. The summed E-state index contributed by atoms with van der Waals surface area (Å²) < 4.78 is 5.41. The zero-order valence-corrected chi connectivity index (χ0v) is 34.0. The topological polar surface area (TPSA) is 136 Å². The number of allylic oxidation sites excluding steroid dienone is 3. The fourth-order valence-electron chi connectivity index (χ4n) is 6.20. The first-order valence-electron chi connectivity index (χ1n) is 19.4. The molecule has 55 heavy (non-hydrogen) atoms. The third-order valence-corrected chi connectivity index (χ3v) is 9.09. The Bertz CT molecular complexity index is 1430. The van der Waals surface area contributed by atoms with E-state index in [0.29, 0.717) is 37.1 Å². The van der Waals surface area contributed by atoms with E-state index in [1.54, 1.807) is 0 Å². The highest BCUT2D eigenvalue weighted by Crippen LogP contribution is 2.27. The lowest BCUT2D eigenvalue weighted by molar-refractivity contribution is -0.191. The molecular formula is C46H70N2O7. The molecule has 306 valence electrons.